The molecule has 0 aliphatic carbocycles. The molecule has 4 nitrogen and oxygen atoms in total. The molecule has 1 aliphatic heterocycles. The molecule has 1 amide bonds. The molecule has 0 radical (unpaired) electrons. The quantitative estimate of drug-likeness (QED) is 0.931. The predicted molar refractivity (Wildman–Crippen MR) is 80.2 cm³/mol. The van der Waals surface area contributed by atoms with Crippen LogP contribution in [0.15, 0.2) is 12.1 Å². The van der Waals surface area contributed by atoms with Crippen LogP contribution in [0.2, 0.25) is 5.02 Å². The van der Waals surface area contributed by atoms with Crippen LogP contribution in [0.3, 0.4) is 0 Å². The fourth-order valence-electron chi connectivity index (χ4n) is 2.56. The SMILES string of the molecule is Cc1cc(OC2CCCN(C(=O)CN)C2)cc(C)c1Cl. The average molecular weight is 297 g/mol. The molecule has 2 N–H and O–H groups in total. The van der Waals surface area contributed by atoms with E-state index in [1.807, 2.05) is 26.0 Å². The number of aryl methyl sites for hydroxylation is 2. The number of nitrogens with two attached hydrogens (primary N) is 1. The number of nitrogens with zero attached hydrogens (tertiary/aromatic N) is 1. The van der Waals surface area contributed by atoms with E-state index in [0.717, 1.165) is 41.3 Å². The molecule has 1 unspecified atom stereocenters. The molecule has 110 valence electrons. The van der Waals surface area contributed by atoms with Crippen LogP contribution in [0.1, 0.15) is 24.0 Å². The second-order valence-electron chi connectivity index (χ2n) is 5.30. The number of ether oxygens (including phenoxy) is 1. The molecule has 1 aromatic carbocycles. The lowest BCUT2D eigenvalue weighted by molar-refractivity contribution is -0.132. The monoisotopic (exact) mass is 296 g/mol. The van der Waals surface area contributed by atoms with Crippen LogP contribution in [0.25, 0.3) is 0 Å². The van der Waals surface area contributed by atoms with E-state index in [9.17, 15) is 4.79 Å². The van der Waals surface area contributed by atoms with Gasteiger partial charge >= 0.3 is 0 Å². The summed E-state index contributed by atoms with van der Waals surface area (Å²) in [5.41, 5.74) is 7.42. The first kappa shape index (κ1) is 15.1. The van der Waals surface area contributed by atoms with E-state index < -0.39 is 0 Å². The lowest BCUT2D eigenvalue weighted by atomic mass is 10.1. The minimum atomic E-state index is -0.0123. The third-order valence-corrected chi connectivity index (χ3v) is 4.21. The molecule has 0 spiro atoms. The summed E-state index contributed by atoms with van der Waals surface area (Å²) in [5.74, 6) is 0.804. The standard InChI is InChI=1S/C15H21ClN2O2/c1-10-6-13(7-11(2)15(10)16)20-12-4-3-5-18(9-12)14(19)8-17/h6-7,12H,3-5,8-9,17H2,1-2H3. The van der Waals surface area contributed by atoms with E-state index in [2.05, 4.69) is 0 Å². The topological polar surface area (TPSA) is 55.6 Å². The maximum Gasteiger partial charge on any atom is 0.236 e. The lowest BCUT2D eigenvalue weighted by Gasteiger charge is -2.32. The normalized spacial score (nSPS) is 19.0. The van der Waals surface area contributed by atoms with Gasteiger partial charge in [0, 0.05) is 11.6 Å². The number of piperidine rings is 1. The maximum absolute atomic E-state index is 11.6. The molecule has 1 atom stereocenters. The van der Waals surface area contributed by atoms with Crippen molar-refractivity contribution in [2.75, 3.05) is 19.6 Å². The minimum Gasteiger partial charge on any atom is -0.489 e. The first-order valence-corrected chi connectivity index (χ1v) is 7.30. The molecule has 1 saturated heterocycles. The Morgan fingerprint density at radius 2 is 2.10 bits per heavy atom. The fourth-order valence-corrected chi connectivity index (χ4v) is 2.67. The minimum absolute atomic E-state index is 0.0123. The summed E-state index contributed by atoms with van der Waals surface area (Å²) in [6.45, 7) is 5.37. The summed E-state index contributed by atoms with van der Waals surface area (Å²) >= 11 is 6.15. The van der Waals surface area contributed by atoms with Gasteiger partial charge in [-0.2, -0.15) is 0 Å². The zero-order chi connectivity index (χ0) is 14.7. The summed E-state index contributed by atoms with van der Waals surface area (Å²) < 4.78 is 6.00. The van der Waals surface area contributed by atoms with Gasteiger partial charge in [-0.05, 0) is 49.9 Å². The summed E-state index contributed by atoms with van der Waals surface area (Å²) in [7, 11) is 0. The van der Waals surface area contributed by atoms with Crippen LogP contribution in [0, 0.1) is 13.8 Å². The molecule has 5 heteroatoms. The van der Waals surface area contributed by atoms with E-state index in [1.54, 1.807) is 4.90 Å². The summed E-state index contributed by atoms with van der Waals surface area (Å²) in [5, 5.41) is 0.779. The van der Waals surface area contributed by atoms with Crippen molar-refractivity contribution in [3.8, 4) is 5.75 Å². The van der Waals surface area contributed by atoms with Crippen LogP contribution in [0.5, 0.6) is 5.75 Å². The molecular weight excluding hydrogens is 276 g/mol. The van der Waals surface area contributed by atoms with Gasteiger partial charge in [-0.3, -0.25) is 4.79 Å². The van der Waals surface area contributed by atoms with Gasteiger partial charge in [0.15, 0.2) is 0 Å². The van der Waals surface area contributed by atoms with E-state index >= 15 is 0 Å². The van der Waals surface area contributed by atoms with Crippen molar-refractivity contribution in [1.29, 1.82) is 0 Å². The van der Waals surface area contributed by atoms with Crippen molar-refractivity contribution in [3.63, 3.8) is 0 Å². The number of halogens is 1. The second-order valence-corrected chi connectivity index (χ2v) is 5.67. The third-order valence-electron chi connectivity index (χ3n) is 3.62. The molecule has 0 saturated carbocycles. The number of amides is 1. The number of likely N-dealkylation sites (tertiary alicyclic amines) is 1. The molecule has 0 bridgehead atoms. The van der Waals surface area contributed by atoms with Crippen molar-refractivity contribution in [2.24, 2.45) is 5.73 Å². The number of hydrogen-bond acceptors (Lipinski definition) is 3. The Hall–Kier alpha value is -1.26. The van der Waals surface area contributed by atoms with Crippen molar-refractivity contribution >= 4 is 17.5 Å². The van der Waals surface area contributed by atoms with Crippen molar-refractivity contribution < 1.29 is 9.53 Å². The molecule has 0 aromatic heterocycles. The summed E-state index contributed by atoms with van der Waals surface area (Å²) in [6.07, 6.45) is 1.93. The van der Waals surface area contributed by atoms with Gasteiger partial charge in [0.25, 0.3) is 0 Å². The highest BCUT2D eigenvalue weighted by atomic mass is 35.5. The van der Waals surface area contributed by atoms with E-state index in [4.69, 9.17) is 22.1 Å². The number of benzene rings is 1. The van der Waals surface area contributed by atoms with Crippen LogP contribution < -0.4 is 10.5 Å². The van der Waals surface area contributed by atoms with Crippen LogP contribution in [-0.4, -0.2) is 36.5 Å². The predicted octanol–water partition coefficient (Wildman–Crippen LogP) is 2.29. The van der Waals surface area contributed by atoms with Gasteiger partial charge in [0.05, 0.1) is 13.1 Å². The summed E-state index contributed by atoms with van der Waals surface area (Å²) in [6, 6.07) is 3.89. The van der Waals surface area contributed by atoms with Crippen molar-refractivity contribution in [2.45, 2.75) is 32.8 Å². The Labute approximate surface area is 124 Å². The van der Waals surface area contributed by atoms with Gasteiger partial charge < -0.3 is 15.4 Å². The molecule has 1 aromatic rings. The van der Waals surface area contributed by atoms with Crippen molar-refractivity contribution in [3.05, 3.63) is 28.3 Å². The maximum atomic E-state index is 11.6. The Bertz CT molecular complexity index is 482. The van der Waals surface area contributed by atoms with Gasteiger partial charge in [0.1, 0.15) is 11.9 Å². The van der Waals surface area contributed by atoms with E-state index in [1.165, 1.54) is 0 Å². The Kier molecular flexibility index (Phi) is 4.89. The zero-order valence-electron chi connectivity index (χ0n) is 12.0. The van der Waals surface area contributed by atoms with Crippen LogP contribution in [0.4, 0.5) is 0 Å². The van der Waals surface area contributed by atoms with Gasteiger partial charge in [-0.1, -0.05) is 11.6 Å². The molecule has 1 aliphatic rings. The van der Waals surface area contributed by atoms with Gasteiger partial charge in [-0.15, -0.1) is 0 Å². The largest absolute Gasteiger partial charge is 0.489 e. The summed E-state index contributed by atoms with van der Waals surface area (Å²) in [4.78, 5) is 13.4. The highest BCUT2D eigenvalue weighted by molar-refractivity contribution is 6.32. The number of carbonyl (C=O) groups is 1. The lowest BCUT2D eigenvalue weighted by Crippen LogP contribution is -2.46. The molecular formula is C15H21ClN2O2. The van der Waals surface area contributed by atoms with E-state index in [0.29, 0.717) is 6.54 Å². The highest BCUT2D eigenvalue weighted by Gasteiger charge is 2.24. The molecule has 1 fully saturated rings. The first-order valence-electron chi connectivity index (χ1n) is 6.92. The molecule has 2 rings (SSSR count). The third kappa shape index (κ3) is 3.44. The molecule has 20 heavy (non-hydrogen) atoms. The second kappa shape index (κ2) is 6.46. The van der Waals surface area contributed by atoms with Crippen LogP contribution in [-0.2, 0) is 4.79 Å². The number of carbonyl (C=O) groups excluding carboxylic acids is 1. The Balaban J connectivity index is 2.04. The average Bonchev–Trinajstić information content (AvgIpc) is 2.44. The Morgan fingerprint density at radius 3 is 2.70 bits per heavy atom. The Morgan fingerprint density at radius 1 is 1.45 bits per heavy atom. The van der Waals surface area contributed by atoms with Crippen LogP contribution >= 0.6 is 11.6 Å². The van der Waals surface area contributed by atoms with E-state index in [-0.39, 0.29) is 18.6 Å². The first-order chi connectivity index (χ1) is 9.51. The molecule has 1 heterocycles. The fraction of sp³-hybridized carbons (Fsp3) is 0.533. The van der Waals surface area contributed by atoms with Gasteiger partial charge in [0.2, 0.25) is 5.91 Å². The zero-order valence-corrected chi connectivity index (χ0v) is 12.7. The smallest absolute Gasteiger partial charge is 0.236 e. The van der Waals surface area contributed by atoms with Crippen molar-refractivity contribution in [1.82, 2.24) is 4.90 Å². The number of rotatable bonds is 3. The van der Waals surface area contributed by atoms with Gasteiger partial charge in [-0.25, -0.2) is 0 Å². The number of hydrogen-bond donors (Lipinski definition) is 1. The highest BCUT2D eigenvalue weighted by Crippen LogP contribution is 2.27.